The fourth-order valence-corrected chi connectivity index (χ4v) is 1.71. The Bertz CT molecular complexity index is 616. The summed E-state index contributed by atoms with van der Waals surface area (Å²) in [6.07, 6.45) is 2.03. The summed E-state index contributed by atoms with van der Waals surface area (Å²) in [5.74, 6) is -0.163. The summed E-state index contributed by atoms with van der Waals surface area (Å²) in [7, 11) is 0. The van der Waals surface area contributed by atoms with Crippen LogP contribution >= 0.6 is 0 Å². The van der Waals surface area contributed by atoms with Crippen molar-refractivity contribution < 1.29 is 4.79 Å². The van der Waals surface area contributed by atoms with Crippen LogP contribution in [-0.2, 0) is 0 Å². The first-order chi connectivity index (χ1) is 8.70. The van der Waals surface area contributed by atoms with Crippen molar-refractivity contribution in [1.82, 2.24) is 10.3 Å². The van der Waals surface area contributed by atoms with Crippen molar-refractivity contribution in [3.05, 3.63) is 42.1 Å². The molecule has 0 bridgehead atoms. The van der Waals surface area contributed by atoms with Gasteiger partial charge in [-0.1, -0.05) is 6.07 Å². The van der Waals surface area contributed by atoms with Crippen molar-refractivity contribution in [2.75, 3.05) is 0 Å². The Balaban J connectivity index is 2.21. The highest BCUT2D eigenvalue weighted by Gasteiger charge is 2.09. The van der Waals surface area contributed by atoms with Gasteiger partial charge in [-0.15, -0.1) is 0 Å². The highest BCUT2D eigenvalue weighted by Crippen LogP contribution is 2.13. The molecule has 0 saturated carbocycles. The second-order valence-corrected chi connectivity index (χ2v) is 4.15. The number of benzene rings is 1. The maximum Gasteiger partial charge on any atom is 0.251 e. The third-order valence-electron chi connectivity index (χ3n) is 2.64. The molecule has 2 rings (SSSR count). The van der Waals surface area contributed by atoms with Gasteiger partial charge < -0.3 is 5.32 Å². The number of nitrogens with one attached hydrogen (secondary N) is 1. The van der Waals surface area contributed by atoms with E-state index in [1.807, 2.05) is 31.2 Å². The Hall–Kier alpha value is -2.41. The lowest BCUT2D eigenvalue weighted by atomic mass is 10.1. The van der Waals surface area contributed by atoms with Crippen LogP contribution in [0.5, 0.6) is 0 Å². The Morgan fingerprint density at radius 2 is 2.33 bits per heavy atom. The number of hydrogen-bond acceptors (Lipinski definition) is 3. The van der Waals surface area contributed by atoms with E-state index >= 15 is 0 Å². The van der Waals surface area contributed by atoms with Gasteiger partial charge in [0.15, 0.2) is 0 Å². The van der Waals surface area contributed by atoms with Gasteiger partial charge in [0, 0.05) is 23.2 Å². The molecule has 1 N–H and O–H groups in total. The molecule has 0 spiro atoms. The van der Waals surface area contributed by atoms with E-state index in [1.54, 1.807) is 18.3 Å². The number of carbonyl (C=O) groups is 1. The van der Waals surface area contributed by atoms with Gasteiger partial charge in [-0.05, 0) is 31.2 Å². The molecule has 18 heavy (non-hydrogen) atoms. The number of nitrogens with zero attached hydrogens (tertiary/aromatic N) is 2. The van der Waals surface area contributed by atoms with Gasteiger partial charge in [-0.25, -0.2) is 0 Å². The molecule has 1 aromatic carbocycles. The van der Waals surface area contributed by atoms with Crippen LogP contribution in [0.3, 0.4) is 0 Å². The predicted octanol–water partition coefficient (Wildman–Crippen LogP) is 2.27. The monoisotopic (exact) mass is 239 g/mol. The molecule has 4 nitrogen and oxygen atoms in total. The van der Waals surface area contributed by atoms with Crippen LogP contribution in [0.1, 0.15) is 23.7 Å². The van der Waals surface area contributed by atoms with Gasteiger partial charge >= 0.3 is 0 Å². The predicted molar refractivity (Wildman–Crippen MR) is 68.9 cm³/mol. The standard InChI is InChI=1S/C14H13N3O/c1-10(6-7-15)17-14(18)12-4-5-13-11(9-12)3-2-8-16-13/h2-5,8-10H,6H2,1H3,(H,17,18). The smallest absolute Gasteiger partial charge is 0.251 e. The summed E-state index contributed by atoms with van der Waals surface area (Å²) in [6.45, 7) is 1.81. The maximum atomic E-state index is 11.9. The van der Waals surface area contributed by atoms with Gasteiger partial charge in [0.05, 0.1) is 18.0 Å². The quantitative estimate of drug-likeness (QED) is 0.893. The van der Waals surface area contributed by atoms with Crippen LogP contribution in [0, 0.1) is 11.3 Å². The first kappa shape index (κ1) is 12.1. The number of carbonyl (C=O) groups excluding carboxylic acids is 1. The van der Waals surface area contributed by atoms with Gasteiger partial charge in [0.25, 0.3) is 5.91 Å². The lowest BCUT2D eigenvalue weighted by Crippen LogP contribution is -2.32. The third-order valence-corrected chi connectivity index (χ3v) is 2.64. The molecule has 2 aromatic rings. The van der Waals surface area contributed by atoms with Crippen molar-refractivity contribution >= 4 is 16.8 Å². The summed E-state index contributed by atoms with van der Waals surface area (Å²) in [6, 6.07) is 11.0. The van der Waals surface area contributed by atoms with Crippen molar-refractivity contribution in [3.63, 3.8) is 0 Å². The summed E-state index contributed by atoms with van der Waals surface area (Å²) >= 11 is 0. The summed E-state index contributed by atoms with van der Waals surface area (Å²) in [4.78, 5) is 16.1. The van der Waals surface area contributed by atoms with E-state index < -0.39 is 0 Å². The number of nitriles is 1. The number of fused-ring (bicyclic) bond motifs is 1. The van der Waals surface area contributed by atoms with Crippen LogP contribution in [0.4, 0.5) is 0 Å². The summed E-state index contributed by atoms with van der Waals surface area (Å²) in [5.41, 5.74) is 1.44. The molecule has 0 aliphatic heterocycles. The van der Waals surface area contributed by atoms with Crippen LogP contribution < -0.4 is 5.32 Å². The molecule has 1 atom stereocenters. The highest BCUT2D eigenvalue weighted by molar-refractivity contribution is 5.98. The second-order valence-electron chi connectivity index (χ2n) is 4.15. The molecular weight excluding hydrogens is 226 g/mol. The fourth-order valence-electron chi connectivity index (χ4n) is 1.71. The van der Waals surface area contributed by atoms with Crippen LogP contribution in [0.25, 0.3) is 10.9 Å². The normalized spacial score (nSPS) is 11.8. The Morgan fingerprint density at radius 1 is 1.50 bits per heavy atom. The minimum atomic E-state index is -0.163. The van der Waals surface area contributed by atoms with E-state index in [4.69, 9.17) is 5.26 Å². The van der Waals surface area contributed by atoms with Gasteiger partial charge in [-0.2, -0.15) is 5.26 Å². The average Bonchev–Trinajstić information content (AvgIpc) is 2.38. The van der Waals surface area contributed by atoms with Gasteiger partial charge in [0.1, 0.15) is 0 Å². The molecule has 4 heteroatoms. The molecule has 0 aliphatic rings. The van der Waals surface area contributed by atoms with Crippen molar-refractivity contribution in [2.45, 2.75) is 19.4 Å². The van der Waals surface area contributed by atoms with Crippen LogP contribution in [0.15, 0.2) is 36.5 Å². The second kappa shape index (κ2) is 5.28. The van der Waals surface area contributed by atoms with E-state index in [-0.39, 0.29) is 11.9 Å². The van der Waals surface area contributed by atoms with E-state index in [0.717, 1.165) is 10.9 Å². The Morgan fingerprint density at radius 3 is 3.11 bits per heavy atom. The zero-order valence-corrected chi connectivity index (χ0v) is 10.1. The van der Waals surface area contributed by atoms with E-state index in [1.165, 1.54) is 0 Å². The number of aromatic nitrogens is 1. The van der Waals surface area contributed by atoms with E-state index in [2.05, 4.69) is 10.3 Å². The molecule has 0 aliphatic carbocycles. The molecule has 1 aromatic heterocycles. The number of pyridine rings is 1. The van der Waals surface area contributed by atoms with Crippen molar-refractivity contribution in [1.29, 1.82) is 5.26 Å². The van der Waals surface area contributed by atoms with E-state index in [9.17, 15) is 4.79 Å². The molecule has 0 saturated heterocycles. The average molecular weight is 239 g/mol. The lowest BCUT2D eigenvalue weighted by Gasteiger charge is -2.10. The van der Waals surface area contributed by atoms with Crippen molar-refractivity contribution in [3.8, 4) is 6.07 Å². The molecule has 90 valence electrons. The number of hydrogen-bond donors (Lipinski definition) is 1. The van der Waals surface area contributed by atoms with E-state index in [0.29, 0.717) is 12.0 Å². The molecule has 1 heterocycles. The Labute approximate surface area is 105 Å². The molecule has 0 fully saturated rings. The van der Waals surface area contributed by atoms with Crippen LogP contribution in [0.2, 0.25) is 0 Å². The molecule has 0 radical (unpaired) electrons. The Kier molecular flexibility index (Phi) is 3.54. The molecule has 1 unspecified atom stereocenters. The first-order valence-electron chi connectivity index (χ1n) is 5.73. The SMILES string of the molecule is CC(CC#N)NC(=O)c1ccc2ncccc2c1. The maximum absolute atomic E-state index is 11.9. The van der Waals surface area contributed by atoms with Gasteiger partial charge in [-0.3, -0.25) is 9.78 Å². The van der Waals surface area contributed by atoms with Crippen LogP contribution in [-0.4, -0.2) is 16.9 Å². The summed E-state index contributed by atoms with van der Waals surface area (Å²) < 4.78 is 0. The minimum Gasteiger partial charge on any atom is -0.349 e. The zero-order chi connectivity index (χ0) is 13.0. The molecule has 1 amide bonds. The summed E-state index contributed by atoms with van der Waals surface area (Å²) in [5, 5.41) is 12.3. The number of amides is 1. The zero-order valence-electron chi connectivity index (χ0n) is 10.1. The third kappa shape index (κ3) is 2.64. The van der Waals surface area contributed by atoms with Gasteiger partial charge in [0.2, 0.25) is 0 Å². The number of rotatable bonds is 3. The fraction of sp³-hybridized carbons (Fsp3) is 0.214. The largest absolute Gasteiger partial charge is 0.349 e. The first-order valence-corrected chi connectivity index (χ1v) is 5.73. The highest BCUT2D eigenvalue weighted by atomic mass is 16.1. The van der Waals surface area contributed by atoms with Crippen molar-refractivity contribution in [2.24, 2.45) is 0 Å². The topological polar surface area (TPSA) is 65.8 Å². The lowest BCUT2D eigenvalue weighted by molar-refractivity contribution is 0.0941. The molecular formula is C14H13N3O. The minimum absolute atomic E-state index is 0.146.